The SMILES string of the molecule is CCOC(=O)C1=C(C(=O)OCC)[C@@H](C)[C@@H](NC(C)=O)C=C1[Si](C)(C)C. The Labute approximate surface area is 150 Å². The molecule has 0 aromatic carbocycles. The Bertz CT molecular complexity index is 615. The minimum absolute atomic E-state index is 0.189. The number of rotatable bonds is 6. The zero-order valence-corrected chi connectivity index (χ0v) is 17.2. The van der Waals surface area contributed by atoms with E-state index in [9.17, 15) is 14.4 Å². The molecule has 1 N–H and O–H groups in total. The topological polar surface area (TPSA) is 81.7 Å². The Morgan fingerprint density at radius 3 is 2.04 bits per heavy atom. The van der Waals surface area contributed by atoms with Gasteiger partial charge in [0.25, 0.3) is 0 Å². The van der Waals surface area contributed by atoms with E-state index >= 15 is 0 Å². The summed E-state index contributed by atoms with van der Waals surface area (Å²) in [6.45, 7) is 13.4. The molecule has 6 nitrogen and oxygen atoms in total. The fourth-order valence-corrected chi connectivity index (χ4v) is 4.57. The lowest BCUT2D eigenvalue weighted by molar-refractivity contribution is -0.142. The molecule has 140 valence electrons. The third kappa shape index (κ3) is 5.04. The molecule has 1 aliphatic rings. The van der Waals surface area contributed by atoms with Crippen LogP contribution in [-0.2, 0) is 23.9 Å². The van der Waals surface area contributed by atoms with E-state index in [2.05, 4.69) is 25.0 Å². The summed E-state index contributed by atoms with van der Waals surface area (Å²) in [5.74, 6) is -1.61. The number of hydrogen-bond acceptors (Lipinski definition) is 5. The highest BCUT2D eigenvalue weighted by atomic mass is 28.3. The van der Waals surface area contributed by atoms with Crippen molar-refractivity contribution < 1.29 is 23.9 Å². The average molecular weight is 368 g/mol. The molecule has 0 aromatic heterocycles. The maximum absolute atomic E-state index is 12.7. The third-order valence-electron chi connectivity index (χ3n) is 4.03. The Morgan fingerprint density at radius 1 is 1.08 bits per heavy atom. The maximum atomic E-state index is 12.7. The van der Waals surface area contributed by atoms with E-state index in [1.54, 1.807) is 13.8 Å². The van der Waals surface area contributed by atoms with Gasteiger partial charge in [0.1, 0.15) is 0 Å². The average Bonchev–Trinajstić information content (AvgIpc) is 2.47. The van der Waals surface area contributed by atoms with Gasteiger partial charge in [-0.15, -0.1) is 0 Å². The smallest absolute Gasteiger partial charge is 0.338 e. The van der Waals surface area contributed by atoms with E-state index in [0.717, 1.165) is 5.20 Å². The van der Waals surface area contributed by atoms with Gasteiger partial charge >= 0.3 is 11.9 Å². The van der Waals surface area contributed by atoms with Crippen LogP contribution in [0.4, 0.5) is 0 Å². The highest BCUT2D eigenvalue weighted by molar-refractivity contribution is 6.84. The number of carbonyl (C=O) groups is 3. The van der Waals surface area contributed by atoms with E-state index in [1.807, 2.05) is 13.0 Å². The number of nitrogens with one attached hydrogen (secondary N) is 1. The number of carbonyl (C=O) groups excluding carboxylic acids is 3. The molecule has 0 spiro atoms. The van der Waals surface area contributed by atoms with Crippen LogP contribution in [0.15, 0.2) is 22.4 Å². The van der Waals surface area contributed by atoms with E-state index in [-0.39, 0.29) is 31.1 Å². The van der Waals surface area contributed by atoms with Gasteiger partial charge in [-0.05, 0) is 19.0 Å². The molecule has 0 saturated carbocycles. The van der Waals surface area contributed by atoms with Gasteiger partial charge in [-0.1, -0.05) is 32.6 Å². The minimum Gasteiger partial charge on any atom is -0.463 e. The summed E-state index contributed by atoms with van der Waals surface area (Å²) < 4.78 is 10.4. The molecule has 0 radical (unpaired) electrons. The van der Waals surface area contributed by atoms with Crippen LogP contribution in [0.5, 0.6) is 0 Å². The molecule has 7 heteroatoms. The third-order valence-corrected chi connectivity index (χ3v) is 6.06. The first-order valence-electron chi connectivity index (χ1n) is 8.62. The van der Waals surface area contributed by atoms with Gasteiger partial charge in [-0.2, -0.15) is 0 Å². The lowest BCUT2D eigenvalue weighted by Gasteiger charge is -2.35. The first kappa shape index (κ1) is 21.2. The van der Waals surface area contributed by atoms with Crippen LogP contribution < -0.4 is 5.32 Å². The molecule has 0 heterocycles. The molecule has 1 amide bonds. The Kier molecular flexibility index (Phi) is 7.16. The van der Waals surface area contributed by atoms with Crippen LogP contribution in [0, 0.1) is 5.92 Å². The minimum atomic E-state index is -2.00. The normalized spacial score (nSPS) is 20.7. The molecule has 0 aromatic rings. The van der Waals surface area contributed by atoms with Crippen molar-refractivity contribution in [2.45, 2.75) is 53.4 Å². The molecule has 25 heavy (non-hydrogen) atoms. The molecule has 0 saturated heterocycles. The maximum Gasteiger partial charge on any atom is 0.338 e. The highest BCUT2D eigenvalue weighted by Gasteiger charge is 2.41. The summed E-state index contributed by atoms with van der Waals surface area (Å²) in [6.07, 6.45) is 1.91. The van der Waals surface area contributed by atoms with Crippen LogP contribution >= 0.6 is 0 Å². The van der Waals surface area contributed by atoms with Crippen molar-refractivity contribution in [1.29, 1.82) is 0 Å². The van der Waals surface area contributed by atoms with Gasteiger partial charge in [0.2, 0.25) is 5.91 Å². The Hall–Kier alpha value is -1.89. The monoisotopic (exact) mass is 367 g/mol. The standard InChI is InChI=1S/C18H29NO5Si/c1-8-23-17(21)15-11(3)13(19-12(4)20)10-14(25(5,6)7)16(15)18(22)24-9-2/h10-11,13H,8-9H2,1-7H3,(H,19,20)/t11-,13-/m0/s1. The Morgan fingerprint density at radius 2 is 1.60 bits per heavy atom. The van der Waals surface area contributed by atoms with Crippen molar-refractivity contribution in [1.82, 2.24) is 5.32 Å². The second-order valence-electron chi connectivity index (χ2n) is 7.07. The van der Waals surface area contributed by atoms with E-state index in [0.29, 0.717) is 11.1 Å². The van der Waals surface area contributed by atoms with E-state index in [1.165, 1.54) is 6.92 Å². The fraction of sp³-hybridized carbons (Fsp3) is 0.611. The fourth-order valence-electron chi connectivity index (χ4n) is 2.91. The van der Waals surface area contributed by atoms with Crippen LogP contribution in [0.25, 0.3) is 0 Å². The van der Waals surface area contributed by atoms with Gasteiger partial charge < -0.3 is 14.8 Å². The van der Waals surface area contributed by atoms with Gasteiger partial charge in [0, 0.05) is 12.8 Å². The molecular formula is C18H29NO5Si. The van der Waals surface area contributed by atoms with Crippen molar-refractivity contribution in [3.8, 4) is 0 Å². The number of ether oxygens (including phenoxy) is 2. The molecule has 1 aliphatic carbocycles. The lowest BCUT2D eigenvalue weighted by Crippen LogP contribution is -2.45. The van der Waals surface area contributed by atoms with Crippen LogP contribution in [0.2, 0.25) is 19.6 Å². The van der Waals surface area contributed by atoms with Crippen LogP contribution in [0.3, 0.4) is 0 Å². The summed E-state index contributed by atoms with van der Waals surface area (Å²) >= 11 is 0. The van der Waals surface area contributed by atoms with Crippen molar-refractivity contribution >= 4 is 25.9 Å². The van der Waals surface area contributed by atoms with Crippen molar-refractivity contribution in [2.24, 2.45) is 5.92 Å². The summed E-state index contributed by atoms with van der Waals surface area (Å²) in [7, 11) is -2.00. The quantitative estimate of drug-likeness (QED) is 0.576. The predicted octanol–water partition coefficient (Wildman–Crippen LogP) is 2.37. The molecule has 0 unspecified atom stereocenters. The van der Waals surface area contributed by atoms with Crippen LogP contribution in [0.1, 0.15) is 27.7 Å². The van der Waals surface area contributed by atoms with Crippen molar-refractivity contribution in [2.75, 3.05) is 13.2 Å². The largest absolute Gasteiger partial charge is 0.463 e. The van der Waals surface area contributed by atoms with E-state index in [4.69, 9.17) is 9.47 Å². The number of amides is 1. The van der Waals surface area contributed by atoms with Gasteiger partial charge in [0.15, 0.2) is 0 Å². The Balaban J connectivity index is 3.61. The number of hydrogen-bond donors (Lipinski definition) is 1. The van der Waals surface area contributed by atoms with Crippen molar-refractivity contribution in [3.05, 3.63) is 22.4 Å². The second-order valence-corrected chi connectivity index (χ2v) is 12.1. The first-order chi connectivity index (χ1) is 11.5. The highest BCUT2D eigenvalue weighted by Crippen LogP contribution is 2.36. The van der Waals surface area contributed by atoms with Crippen molar-refractivity contribution in [3.63, 3.8) is 0 Å². The summed E-state index contributed by atoms with van der Waals surface area (Å²) in [5, 5.41) is 3.68. The lowest BCUT2D eigenvalue weighted by atomic mass is 9.84. The predicted molar refractivity (Wildman–Crippen MR) is 98.5 cm³/mol. The summed E-state index contributed by atoms with van der Waals surface area (Å²) in [6, 6.07) is -0.364. The molecule has 0 aliphatic heterocycles. The van der Waals surface area contributed by atoms with Gasteiger partial charge in [-0.3, -0.25) is 4.79 Å². The number of esters is 2. The second kappa shape index (κ2) is 8.47. The molecule has 0 fully saturated rings. The molecule has 1 rings (SSSR count). The van der Waals surface area contributed by atoms with Gasteiger partial charge in [-0.25, -0.2) is 9.59 Å². The molecule has 0 bridgehead atoms. The zero-order chi connectivity index (χ0) is 19.4. The molecular weight excluding hydrogens is 338 g/mol. The summed E-state index contributed by atoms with van der Waals surface area (Å²) in [4.78, 5) is 36.9. The van der Waals surface area contributed by atoms with Gasteiger partial charge in [0.05, 0.1) is 38.5 Å². The molecule has 2 atom stereocenters. The zero-order valence-electron chi connectivity index (χ0n) is 16.2. The van der Waals surface area contributed by atoms with Crippen LogP contribution in [-0.4, -0.2) is 45.2 Å². The first-order valence-corrected chi connectivity index (χ1v) is 12.1. The van der Waals surface area contributed by atoms with E-state index < -0.39 is 20.0 Å². The summed E-state index contributed by atoms with van der Waals surface area (Å²) in [5.41, 5.74) is 0.604.